The topological polar surface area (TPSA) is 76.4 Å². The smallest absolute Gasteiger partial charge is 0.228 e. The molecule has 1 saturated heterocycles. The molecule has 0 saturated carbocycles. The Balaban J connectivity index is 2.13. The third kappa shape index (κ3) is 4.94. The quantitative estimate of drug-likeness (QED) is 0.748. The van der Waals surface area contributed by atoms with Gasteiger partial charge in [0, 0.05) is 24.7 Å². The third-order valence-electron chi connectivity index (χ3n) is 4.46. The van der Waals surface area contributed by atoms with Gasteiger partial charge in [-0.3, -0.25) is 4.79 Å². The van der Waals surface area contributed by atoms with Crippen LogP contribution < -0.4 is 10.2 Å². The summed E-state index contributed by atoms with van der Waals surface area (Å²) in [4.78, 5) is 14.5. The van der Waals surface area contributed by atoms with Gasteiger partial charge in [-0.2, -0.15) is 5.26 Å². The first kappa shape index (κ1) is 18.8. The number of aliphatic hydroxyl groups excluding tert-OH is 1. The van der Waals surface area contributed by atoms with Gasteiger partial charge in [-0.05, 0) is 43.9 Å². The number of carbonyl (C=O) groups is 1. The van der Waals surface area contributed by atoms with Crippen molar-refractivity contribution < 1.29 is 9.90 Å². The summed E-state index contributed by atoms with van der Waals surface area (Å²) in [6.07, 6.45) is 5.76. The lowest BCUT2D eigenvalue weighted by atomic mass is 10.00. The Morgan fingerprint density at radius 1 is 1.36 bits per heavy atom. The van der Waals surface area contributed by atoms with E-state index >= 15 is 0 Å². The van der Waals surface area contributed by atoms with Crippen molar-refractivity contribution in [2.75, 3.05) is 23.3 Å². The fraction of sp³-hybridized carbons (Fsp3) is 0.400. The number of nitriles is 1. The van der Waals surface area contributed by atoms with E-state index in [9.17, 15) is 15.2 Å². The number of allylic oxidation sites excluding steroid dienone is 2. The van der Waals surface area contributed by atoms with Gasteiger partial charge in [-0.25, -0.2) is 0 Å². The Hall–Kier alpha value is -2.58. The van der Waals surface area contributed by atoms with Gasteiger partial charge in [0.15, 0.2) is 0 Å². The molecule has 0 aliphatic carbocycles. The zero-order chi connectivity index (χ0) is 18.2. The molecule has 2 N–H and O–H groups in total. The van der Waals surface area contributed by atoms with E-state index in [2.05, 4.69) is 29.4 Å². The monoisotopic (exact) mass is 339 g/mol. The first-order valence-corrected chi connectivity index (χ1v) is 8.58. The van der Waals surface area contributed by atoms with E-state index in [4.69, 9.17) is 0 Å². The van der Waals surface area contributed by atoms with Crippen molar-refractivity contribution in [3.05, 3.63) is 49.1 Å². The zero-order valence-electron chi connectivity index (χ0n) is 14.4. The molecule has 0 aromatic heterocycles. The summed E-state index contributed by atoms with van der Waals surface area (Å²) >= 11 is 0. The molecule has 1 aliphatic heterocycles. The number of benzene rings is 1. The first-order valence-electron chi connectivity index (χ1n) is 8.58. The summed E-state index contributed by atoms with van der Waals surface area (Å²) in [5, 5.41) is 22.0. The second-order valence-corrected chi connectivity index (χ2v) is 6.30. The molecule has 0 atom stereocenters. The molecular weight excluding hydrogens is 314 g/mol. The number of amides is 1. The predicted molar refractivity (Wildman–Crippen MR) is 100 cm³/mol. The summed E-state index contributed by atoms with van der Waals surface area (Å²) in [5.41, 5.74) is 1.99. The van der Waals surface area contributed by atoms with Crippen LogP contribution in [-0.2, 0) is 4.79 Å². The number of anilines is 2. The minimum Gasteiger partial charge on any atom is -0.393 e. The normalized spacial score (nSPS) is 14.8. The zero-order valence-corrected chi connectivity index (χ0v) is 14.4. The number of nitrogens with one attached hydrogen (secondary N) is 1. The van der Waals surface area contributed by atoms with E-state index in [1.165, 1.54) is 0 Å². The van der Waals surface area contributed by atoms with Crippen LogP contribution in [0.4, 0.5) is 11.4 Å². The van der Waals surface area contributed by atoms with E-state index in [1.807, 2.05) is 12.1 Å². The molecule has 1 fully saturated rings. The highest BCUT2D eigenvalue weighted by molar-refractivity contribution is 5.93. The summed E-state index contributed by atoms with van der Waals surface area (Å²) in [7, 11) is 0. The van der Waals surface area contributed by atoms with Gasteiger partial charge in [-0.1, -0.05) is 12.2 Å². The van der Waals surface area contributed by atoms with E-state index in [1.54, 1.807) is 18.2 Å². The molecule has 5 heteroatoms. The molecule has 0 radical (unpaired) electrons. The van der Waals surface area contributed by atoms with Crippen LogP contribution in [0.3, 0.4) is 0 Å². The largest absolute Gasteiger partial charge is 0.393 e. The minimum atomic E-state index is -0.257. The van der Waals surface area contributed by atoms with E-state index in [0.29, 0.717) is 36.9 Å². The van der Waals surface area contributed by atoms with Crippen LogP contribution in [0.25, 0.3) is 0 Å². The molecule has 25 heavy (non-hydrogen) atoms. The number of hydrogen-bond donors (Lipinski definition) is 2. The summed E-state index contributed by atoms with van der Waals surface area (Å²) < 4.78 is 0. The molecule has 0 unspecified atom stereocenters. The van der Waals surface area contributed by atoms with Crippen LogP contribution in [0.1, 0.15) is 31.2 Å². The van der Waals surface area contributed by atoms with Crippen molar-refractivity contribution in [1.29, 1.82) is 5.26 Å². The maximum Gasteiger partial charge on any atom is 0.228 e. The molecular formula is C20H25N3O2. The van der Waals surface area contributed by atoms with E-state index in [-0.39, 0.29) is 17.9 Å². The van der Waals surface area contributed by atoms with Crippen LogP contribution in [0, 0.1) is 17.2 Å². The average Bonchev–Trinajstić information content (AvgIpc) is 2.62. The SMILES string of the molecule is C=CCC(CC=C)C(=O)Nc1ccc(N2CCC(O)CC2)c(C#N)c1. The Morgan fingerprint density at radius 3 is 2.56 bits per heavy atom. The fourth-order valence-electron chi connectivity index (χ4n) is 3.04. The molecule has 132 valence electrons. The van der Waals surface area contributed by atoms with Crippen molar-refractivity contribution in [3.63, 3.8) is 0 Å². The van der Waals surface area contributed by atoms with Gasteiger partial charge in [-0.15, -0.1) is 13.2 Å². The average molecular weight is 339 g/mol. The molecule has 1 aromatic carbocycles. The number of nitrogens with zero attached hydrogens (tertiary/aromatic N) is 2. The minimum absolute atomic E-state index is 0.0995. The standard InChI is InChI=1S/C20H25N3O2/c1-3-5-15(6-4-2)20(25)22-17-7-8-19(16(13-17)14-21)23-11-9-18(24)10-12-23/h3-4,7-8,13,15,18,24H,1-2,5-6,9-12H2,(H,22,25). The number of aliphatic hydroxyl groups is 1. The van der Waals surface area contributed by atoms with Crippen molar-refractivity contribution in [1.82, 2.24) is 0 Å². The highest BCUT2D eigenvalue weighted by Gasteiger charge is 2.20. The van der Waals surface area contributed by atoms with Crippen LogP contribution >= 0.6 is 0 Å². The number of hydrogen-bond acceptors (Lipinski definition) is 4. The molecule has 2 rings (SSSR count). The van der Waals surface area contributed by atoms with Gasteiger partial charge < -0.3 is 15.3 Å². The predicted octanol–water partition coefficient (Wildman–Crippen LogP) is 3.23. The second-order valence-electron chi connectivity index (χ2n) is 6.30. The third-order valence-corrected chi connectivity index (χ3v) is 4.46. The van der Waals surface area contributed by atoms with Gasteiger partial charge in [0.25, 0.3) is 0 Å². The Kier molecular flexibility index (Phi) is 6.79. The van der Waals surface area contributed by atoms with Gasteiger partial charge in [0.2, 0.25) is 5.91 Å². The summed E-state index contributed by atoms with van der Waals surface area (Å²) in [5.74, 6) is -0.304. The van der Waals surface area contributed by atoms with Gasteiger partial charge in [0.1, 0.15) is 6.07 Å². The van der Waals surface area contributed by atoms with Crippen molar-refractivity contribution in [3.8, 4) is 6.07 Å². The van der Waals surface area contributed by atoms with Gasteiger partial charge in [0.05, 0.1) is 17.4 Å². The van der Waals surface area contributed by atoms with Crippen molar-refractivity contribution in [2.24, 2.45) is 5.92 Å². The lowest BCUT2D eigenvalue weighted by Crippen LogP contribution is -2.36. The van der Waals surface area contributed by atoms with Gasteiger partial charge >= 0.3 is 0 Å². The van der Waals surface area contributed by atoms with E-state index in [0.717, 1.165) is 18.8 Å². The number of piperidine rings is 1. The van der Waals surface area contributed by atoms with Crippen LogP contribution in [0.2, 0.25) is 0 Å². The lowest BCUT2D eigenvalue weighted by Gasteiger charge is -2.32. The first-order chi connectivity index (χ1) is 12.1. The number of carbonyl (C=O) groups excluding carboxylic acids is 1. The Bertz CT molecular complexity index is 660. The summed E-state index contributed by atoms with van der Waals surface area (Å²) in [6.45, 7) is 8.82. The molecule has 0 spiro atoms. The molecule has 1 heterocycles. The fourth-order valence-corrected chi connectivity index (χ4v) is 3.04. The highest BCUT2D eigenvalue weighted by atomic mass is 16.3. The Morgan fingerprint density at radius 2 is 2.00 bits per heavy atom. The molecule has 5 nitrogen and oxygen atoms in total. The van der Waals surface area contributed by atoms with Crippen LogP contribution in [0.5, 0.6) is 0 Å². The Labute approximate surface area is 149 Å². The maximum atomic E-state index is 12.4. The molecule has 1 amide bonds. The van der Waals surface area contributed by atoms with Crippen LogP contribution in [0.15, 0.2) is 43.5 Å². The van der Waals surface area contributed by atoms with Crippen molar-refractivity contribution in [2.45, 2.75) is 31.8 Å². The molecule has 0 bridgehead atoms. The lowest BCUT2D eigenvalue weighted by molar-refractivity contribution is -0.119. The maximum absolute atomic E-state index is 12.4. The molecule has 1 aliphatic rings. The van der Waals surface area contributed by atoms with Crippen molar-refractivity contribution >= 4 is 17.3 Å². The summed E-state index contributed by atoms with van der Waals surface area (Å²) in [6, 6.07) is 7.60. The van der Waals surface area contributed by atoms with Crippen LogP contribution in [-0.4, -0.2) is 30.2 Å². The highest BCUT2D eigenvalue weighted by Crippen LogP contribution is 2.27. The van der Waals surface area contributed by atoms with E-state index < -0.39 is 0 Å². The second kappa shape index (κ2) is 9.05. The molecule has 1 aromatic rings. The number of rotatable bonds is 7.